The molecule has 0 atom stereocenters. The molecule has 0 radical (unpaired) electrons. The molecule has 0 saturated carbocycles. The summed E-state index contributed by atoms with van der Waals surface area (Å²) >= 11 is 0. The Kier molecular flexibility index (Phi) is 3.52. The molecule has 0 aliphatic carbocycles. The van der Waals surface area contributed by atoms with E-state index in [0.29, 0.717) is 12.5 Å². The van der Waals surface area contributed by atoms with E-state index in [1.54, 1.807) is 6.20 Å². The summed E-state index contributed by atoms with van der Waals surface area (Å²) in [5, 5.41) is 3.03. The predicted molar refractivity (Wildman–Crippen MR) is 67.1 cm³/mol. The second-order valence-corrected chi connectivity index (χ2v) is 3.67. The molecule has 0 fully saturated rings. The van der Waals surface area contributed by atoms with Gasteiger partial charge < -0.3 is 15.8 Å². The lowest BCUT2D eigenvalue weighted by atomic mass is 10.2. The Bertz CT molecular complexity index is 528. The molecular formula is C11H14N6O. The van der Waals surface area contributed by atoms with Crippen LogP contribution < -0.4 is 15.8 Å². The van der Waals surface area contributed by atoms with Crippen LogP contribution in [0.1, 0.15) is 11.3 Å². The van der Waals surface area contributed by atoms with E-state index in [1.165, 1.54) is 7.11 Å². The Labute approximate surface area is 104 Å². The SMILES string of the molecule is COc1nc(N)nc(NCc2ccc(C)nc2)n1. The third kappa shape index (κ3) is 3.03. The molecule has 2 aromatic heterocycles. The monoisotopic (exact) mass is 246 g/mol. The van der Waals surface area contributed by atoms with Gasteiger partial charge in [-0.15, -0.1) is 0 Å². The fraction of sp³-hybridized carbons (Fsp3) is 0.273. The molecule has 2 heterocycles. The number of aryl methyl sites for hydroxylation is 1. The predicted octanol–water partition coefficient (Wildman–Crippen LogP) is 0.778. The maximum Gasteiger partial charge on any atom is 0.322 e. The minimum Gasteiger partial charge on any atom is -0.467 e. The first-order chi connectivity index (χ1) is 8.67. The van der Waals surface area contributed by atoms with Gasteiger partial charge in [0.15, 0.2) is 0 Å². The summed E-state index contributed by atoms with van der Waals surface area (Å²) in [4.78, 5) is 16.0. The third-order valence-electron chi connectivity index (χ3n) is 2.24. The van der Waals surface area contributed by atoms with Gasteiger partial charge in [0.1, 0.15) is 0 Å². The zero-order valence-corrected chi connectivity index (χ0v) is 10.2. The van der Waals surface area contributed by atoms with Crippen LogP contribution in [0.15, 0.2) is 18.3 Å². The van der Waals surface area contributed by atoms with Crippen molar-refractivity contribution in [1.82, 2.24) is 19.9 Å². The van der Waals surface area contributed by atoms with Crippen molar-refractivity contribution >= 4 is 11.9 Å². The fourth-order valence-electron chi connectivity index (χ4n) is 1.33. The van der Waals surface area contributed by atoms with Crippen molar-refractivity contribution in [2.75, 3.05) is 18.2 Å². The summed E-state index contributed by atoms with van der Waals surface area (Å²) in [6.07, 6.45) is 1.80. The fourth-order valence-corrected chi connectivity index (χ4v) is 1.33. The molecule has 0 amide bonds. The standard InChI is InChI=1S/C11H14N6O/c1-7-3-4-8(5-13-7)6-14-10-15-9(12)16-11(17-10)18-2/h3-5H,6H2,1-2H3,(H3,12,14,15,16,17). The molecule has 3 N–H and O–H groups in total. The molecule has 18 heavy (non-hydrogen) atoms. The first-order valence-electron chi connectivity index (χ1n) is 5.38. The maximum atomic E-state index is 5.53. The van der Waals surface area contributed by atoms with Gasteiger partial charge >= 0.3 is 6.01 Å². The van der Waals surface area contributed by atoms with Crippen LogP contribution in [0.25, 0.3) is 0 Å². The van der Waals surface area contributed by atoms with Crippen molar-refractivity contribution in [2.24, 2.45) is 0 Å². The van der Waals surface area contributed by atoms with Gasteiger partial charge in [-0.1, -0.05) is 6.07 Å². The van der Waals surface area contributed by atoms with Gasteiger partial charge in [-0.3, -0.25) is 4.98 Å². The zero-order chi connectivity index (χ0) is 13.0. The molecule has 7 nitrogen and oxygen atoms in total. The van der Waals surface area contributed by atoms with Crippen LogP contribution in [0.4, 0.5) is 11.9 Å². The van der Waals surface area contributed by atoms with Gasteiger partial charge in [-0.05, 0) is 18.6 Å². The lowest BCUT2D eigenvalue weighted by Gasteiger charge is -2.06. The number of anilines is 2. The van der Waals surface area contributed by atoms with Crippen molar-refractivity contribution in [1.29, 1.82) is 0 Å². The topological polar surface area (TPSA) is 98.8 Å². The van der Waals surface area contributed by atoms with Crippen molar-refractivity contribution in [2.45, 2.75) is 13.5 Å². The number of nitrogens with two attached hydrogens (primary N) is 1. The van der Waals surface area contributed by atoms with Gasteiger partial charge in [0.25, 0.3) is 0 Å². The quantitative estimate of drug-likeness (QED) is 0.822. The van der Waals surface area contributed by atoms with Gasteiger partial charge in [0, 0.05) is 18.4 Å². The van der Waals surface area contributed by atoms with Crippen molar-refractivity contribution in [3.8, 4) is 6.01 Å². The van der Waals surface area contributed by atoms with Crippen molar-refractivity contribution in [3.05, 3.63) is 29.6 Å². The van der Waals surface area contributed by atoms with Gasteiger partial charge in [0.05, 0.1) is 7.11 Å². The minimum atomic E-state index is 0.117. The van der Waals surface area contributed by atoms with Crippen molar-refractivity contribution in [3.63, 3.8) is 0 Å². The highest BCUT2D eigenvalue weighted by atomic mass is 16.5. The van der Waals surface area contributed by atoms with E-state index in [4.69, 9.17) is 10.5 Å². The van der Waals surface area contributed by atoms with E-state index in [9.17, 15) is 0 Å². The Hall–Kier alpha value is -2.44. The maximum absolute atomic E-state index is 5.53. The average molecular weight is 246 g/mol. The van der Waals surface area contributed by atoms with E-state index in [2.05, 4.69) is 25.3 Å². The second-order valence-electron chi connectivity index (χ2n) is 3.67. The largest absolute Gasteiger partial charge is 0.467 e. The summed E-state index contributed by atoms with van der Waals surface area (Å²) < 4.78 is 4.91. The molecule has 0 aliphatic heterocycles. The number of hydrogen-bond acceptors (Lipinski definition) is 7. The van der Waals surface area contributed by atoms with E-state index < -0.39 is 0 Å². The Morgan fingerprint density at radius 2 is 2.11 bits per heavy atom. The average Bonchev–Trinajstić information content (AvgIpc) is 2.37. The lowest BCUT2D eigenvalue weighted by Crippen LogP contribution is -2.08. The molecule has 94 valence electrons. The smallest absolute Gasteiger partial charge is 0.322 e. The van der Waals surface area contributed by atoms with Crippen LogP contribution in [0.3, 0.4) is 0 Å². The number of pyridine rings is 1. The van der Waals surface area contributed by atoms with E-state index in [0.717, 1.165) is 11.3 Å². The Morgan fingerprint density at radius 3 is 2.78 bits per heavy atom. The highest BCUT2D eigenvalue weighted by Crippen LogP contribution is 2.09. The number of methoxy groups -OCH3 is 1. The number of nitrogen functional groups attached to an aromatic ring is 1. The summed E-state index contributed by atoms with van der Waals surface area (Å²) in [6, 6.07) is 4.11. The van der Waals surface area contributed by atoms with Gasteiger partial charge in [-0.2, -0.15) is 15.0 Å². The first-order valence-corrected chi connectivity index (χ1v) is 5.38. The van der Waals surface area contributed by atoms with Crippen LogP contribution in [-0.2, 0) is 6.54 Å². The number of ether oxygens (including phenoxy) is 1. The van der Waals surface area contributed by atoms with Crippen LogP contribution in [0.5, 0.6) is 6.01 Å². The number of nitrogens with zero attached hydrogens (tertiary/aromatic N) is 4. The number of nitrogens with one attached hydrogen (secondary N) is 1. The highest BCUT2D eigenvalue weighted by molar-refractivity contribution is 5.33. The summed E-state index contributed by atoms with van der Waals surface area (Å²) in [5.74, 6) is 0.492. The molecular weight excluding hydrogens is 232 g/mol. The molecule has 0 bridgehead atoms. The molecule has 2 rings (SSSR count). The molecule has 2 aromatic rings. The lowest BCUT2D eigenvalue weighted by molar-refractivity contribution is 0.379. The van der Waals surface area contributed by atoms with Gasteiger partial charge in [-0.25, -0.2) is 0 Å². The normalized spacial score (nSPS) is 10.1. The summed E-state index contributed by atoms with van der Waals surface area (Å²) in [5.41, 5.74) is 7.53. The van der Waals surface area contributed by atoms with E-state index in [1.807, 2.05) is 19.1 Å². The number of hydrogen-bond donors (Lipinski definition) is 2. The van der Waals surface area contributed by atoms with E-state index >= 15 is 0 Å². The highest BCUT2D eigenvalue weighted by Gasteiger charge is 2.04. The van der Waals surface area contributed by atoms with Crippen LogP contribution >= 0.6 is 0 Å². The third-order valence-corrected chi connectivity index (χ3v) is 2.24. The Morgan fingerprint density at radius 1 is 1.28 bits per heavy atom. The van der Waals surface area contributed by atoms with Crippen LogP contribution in [0, 0.1) is 6.92 Å². The van der Waals surface area contributed by atoms with E-state index in [-0.39, 0.29) is 12.0 Å². The summed E-state index contributed by atoms with van der Waals surface area (Å²) in [7, 11) is 1.47. The second kappa shape index (κ2) is 5.26. The Balaban J connectivity index is 2.05. The molecule has 0 aromatic carbocycles. The molecule has 0 saturated heterocycles. The molecule has 0 unspecified atom stereocenters. The van der Waals surface area contributed by atoms with Crippen molar-refractivity contribution < 1.29 is 4.74 Å². The molecule has 0 aliphatic rings. The number of aromatic nitrogens is 4. The van der Waals surface area contributed by atoms with Crippen LogP contribution in [0.2, 0.25) is 0 Å². The summed E-state index contributed by atoms with van der Waals surface area (Å²) in [6.45, 7) is 2.49. The minimum absolute atomic E-state index is 0.117. The molecule has 0 spiro atoms. The zero-order valence-electron chi connectivity index (χ0n) is 10.2. The molecule has 7 heteroatoms. The number of rotatable bonds is 4. The van der Waals surface area contributed by atoms with Gasteiger partial charge in [0.2, 0.25) is 11.9 Å². The first kappa shape index (κ1) is 12.0. The van der Waals surface area contributed by atoms with Crippen LogP contribution in [-0.4, -0.2) is 27.0 Å².